The predicted octanol–water partition coefficient (Wildman–Crippen LogP) is 2.17. The molecule has 0 aliphatic carbocycles. The fourth-order valence-electron chi connectivity index (χ4n) is 2.11. The SMILES string of the molecule is Cc1cccc2cc(C(=O)NC(C)c3csc(N)n3)nn12. The summed E-state index contributed by atoms with van der Waals surface area (Å²) in [7, 11) is 0. The second-order valence-electron chi connectivity index (χ2n) is 4.84. The van der Waals surface area contributed by atoms with E-state index in [0.717, 1.165) is 16.9 Å². The van der Waals surface area contributed by atoms with Crippen molar-refractivity contribution in [2.24, 2.45) is 0 Å². The molecule has 3 N–H and O–H groups in total. The second-order valence-corrected chi connectivity index (χ2v) is 5.73. The molecule has 1 amide bonds. The van der Waals surface area contributed by atoms with Crippen LogP contribution >= 0.6 is 11.3 Å². The molecule has 3 rings (SSSR count). The summed E-state index contributed by atoms with van der Waals surface area (Å²) in [6.07, 6.45) is 0. The maximum absolute atomic E-state index is 12.3. The highest BCUT2D eigenvalue weighted by Crippen LogP contribution is 2.18. The smallest absolute Gasteiger partial charge is 0.272 e. The number of aromatic nitrogens is 3. The molecule has 0 aromatic carbocycles. The van der Waals surface area contributed by atoms with Crippen molar-refractivity contribution < 1.29 is 4.79 Å². The lowest BCUT2D eigenvalue weighted by Crippen LogP contribution is -2.27. The molecule has 1 unspecified atom stereocenters. The molecule has 21 heavy (non-hydrogen) atoms. The Morgan fingerprint density at radius 3 is 2.95 bits per heavy atom. The van der Waals surface area contributed by atoms with Gasteiger partial charge in [0, 0.05) is 11.1 Å². The van der Waals surface area contributed by atoms with Crippen LogP contribution in [0.25, 0.3) is 5.52 Å². The Hall–Kier alpha value is -2.41. The third kappa shape index (κ3) is 2.59. The molecule has 0 bridgehead atoms. The Kier molecular flexibility index (Phi) is 3.34. The Balaban J connectivity index is 1.82. The van der Waals surface area contributed by atoms with Crippen molar-refractivity contribution in [2.75, 3.05) is 5.73 Å². The van der Waals surface area contributed by atoms with Gasteiger partial charge in [0.15, 0.2) is 10.8 Å². The van der Waals surface area contributed by atoms with E-state index < -0.39 is 0 Å². The van der Waals surface area contributed by atoms with Gasteiger partial charge in [-0.25, -0.2) is 9.50 Å². The molecule has 0 spiro atoms. The van der Waals surface area contributed by atoms with Crippen molar-refractivity contribution >= 4 is 27.9 Å². The number of aryl methyl sites for hydroxylation is 1. The zero-order valence-electron chi connectivity index (χ0n) is 11.7. The average molecular weight is 301 g/mol. The fraction of sp³-hybridized carbons (Fsp3) is 0.214. The lowest BCUT2D eigenvalue weighted by molar-refractivity contribution is 0.0934. The highest BCUT2D eigenvalue weighted by molar-refractivity contribution is 7.13. The number of nitrogen functional groups attached to an aromatic ring is 1. The number of anilines is 1. The standard InChI is InChI=1S/C14H15N5OS/c1-8-4-3-5-10-6-11(18-19(8)10)13(20)16-9(2)12-7-21-14(15)17-12/h3-7,9H,1-2H3,(H2,15,17)(H,16,20). The van der Waals surface area contributed by atoms with Gasteiger partial charge in [0.25, 0.3) is 5.91 Å². The largest absolute Gasteiger partial charge is 0.375 e. The first-order valence-electron chi connectivity index (χ1n) is 6.52. The zero-order valence-corrected chi connectivity index (χ0v) is 12.5. The molecule has 3 aromatic heterocycles. The Morgan fingerprint density at radius 1 is 1.48 bits per heavy atom. The van der Waals surface area contributed by atoms with E-state index in [0.29, 0.717) is 10.8 Å². The minimum atomic E-state index is -0.225. The van der Waals surface area contributed by atoms with Crippen LogP contribution in [0, 0.1) is 6.92 Å². The average Bonchev–Trinajstić information content (AvgIpc) is 3.05. The summed E-state index contributed by atoms with van der Waals surface area (Å²) in [6.45, 7) is 3.82. The van der Waals surface area contributed by atoms with Crippen molar-refractivity contribution in [3.8, 4) is 0 Å². The molecular formula is C14H15N5OS. The van der Waals surface area contributed by atoms with Crippen LogP contribution in [0.1, 0.15) is 34.8 Å². The number of hydrogen-bond donors (Lipinski definition) is 2. The first-order valence-corrected chi connectivity index (χ1v) is 7.40. The number of amides is 1. The Morgan fingerprint density at radius 2 is 2.29 bits per heavy atom. The number of hydrogen-bond acceptors (Lipinski definition) is 5. The normalized spacial score (nSPS) is 12.5. The summed E-state index contributed by atoms with van der Waals surface area (Å²) in [4.78, 5) is 16.4. The number of nitrogens with one attached hydrogen (secondary N) is 1. The van der Waals surface area contributed by atoms with E-state index in [1.165, 1.54) is 11.3 Å². The van der Waals surface area contributed by atoms with Gasteiger partial charge >= 0.3 is 0 Å². The Labute approximate surface area is 125 Å². The first-order chi connectivity index (χ1) is 10.0. The van der Waals surface area contributed by atoms with Crippen LogP contribution < -0.4 is 11.1 Å². The maximum atomic E-state index is 12.3. The molecule has 3 aromatic rings. The molecule has 0 aliphatic rings. The predicted molar refractivity (Wildman–Crippen MR) is 82.3 cm³/mol. The third-order valence-electron chi connectivity index (χ3n) is 3.24. The molecular weight excluding hydrogens is 286 g/mol. The van der Waals surface area contributed by atoms with E-state index in [1.54, 1.807) is 10.6 Å². The molecule has 6 nitrogen and oxygen atoms in total. The summed E-state index contributed by atoms with van der Waals surface area (Å²) in [5, 5.41) is 9.54. The van der Waals surface area contributed by atoms with E-state index >= 15 is 0 Å². The number of pyridine rings is 1. The fourth-order valence-corrected chi connectivity index (χ4v) is 2.76. The van der Waals surface area contributed by atoms with Gasteiger partial charge in [-0.3, -0.25) is 4.79 Å². The van der Waals surface area contributed by atoms with Crippen molar-refractivity contribution in [1.82, 2.24) is 19.9 Å². The minimum Gasteiger partial charge on any atom is -0.375 e. The number of fused-ring (bicyclic) bond motifs is 1. The highest BCUT2D eigenvalue weighted by atomic mass is 32.1. The van der Waals surface area contributed by atoms with E-state index in [-0.39, 0.29) is 11.9 Å². The molecule has 3 heterocycles. The van der Waals surface area contributed by atoms with E-state index in [9.17, 15) is 4.79 Å². The summed E-state index contributed by atoms with van der Waals surface area (Å²) in [6, 6.07) is 7.36. The molecule has 0 saturated heterocycles. The number of carbonyl (C=O) groups is 1. The molecule has 0 aliphatic heterocycles. The Bertz CT molecular complexity index is 807. The van der Waals surface area contributed by atoms with Crippen LogP contribution in [0.2, 0.25) is 0 Å². The first kappa shape index (κ1) is 13.6. The van der Waals surface area contributed by atoms with Gasteiger partial charge in [0.05, 0.1) is 17.3 Å². The molecule has 7 heteroatoms. The van der Waals surface area contributed by atoms with Crippen molar-refractivity contribution in [2.45, 2.75) is 19.9 Å². The van der Waals surface area contributed by atoms with Gasteiger partial charge < -0.3 is 11.1 Å². The third-order valence-corrected chi connectivity index (χ3v) is 3.93. The minimum absolute atomic E-state index is 0.211. The number of nitrogens with two attached hydrogens (primary N) is 1. The van der Waals surface area contributed by atoms with Gasteiger partial charge in [-0.2, -0.15) is 5.10 Å². The molecule has 108 valence electrons. The van der Waals surface area contributed by atoms with Crippen LogP contribution in [-0.2, 0) is 0 Å². The van der Waals surface area contributed by atoms with E-state index in [1.807, 2.05) is 37.4 Å². The maximum Gasteiger partial charge on any atom is 0.272 e. The van der Waals surface area contributed by atoms with Crippen molar-refractivity contribution in [3.05, 3.63) is 46.7 Å². The summed E-state index contributed by atoms with van der Waals surface area (Å²) >= 11 is 1.36. The van der Waals surface area contributed by atoms with Crippen LogP contribution in [0.3, 0.4) is 0 Å². The number of carbonyl (C=O) groups excluding carboxylic acids is 1. The molecule has 1 atom stereocenters. The van der Waals surface area contributed by atoms with Gasteiger partial charge in [-0.15, -0.1) is 11.3 Å². The topological polar surface area (TPSA) is 85.3 Å². The summed E-state index contributed by atoms with van der Waals surface area (Å²) < 4.78 is 1.75. The lowest BCUT2D eigenvalue weighted by Gasteiger charge is -2.09. The van der Waals surface area contributed by atoms with Crippen molar-refractivity contribution in [1.29, 1.82) is 0 Å². The summed E-state index contributed by atoms with van der Waals surface area (Å²) in [5.41, 5.74) is 8.62. The summed E-state index contributed by atoms with van der Waals surface area (Å²) in [5.74, 6) is -0.225. The van der Waals surface area contributed by atoms with Gasteiger partial charge in [-0.1, -0.05) is 6.07 Å². The number of thiazole rings is 1. The van der Waals surface area contributed by atoms with Gasteiger partial charge in [-0.05, 0) is 32.0 Å². The molecule has 0 saturated carbocycles. The van der Waals surface area contributed by atoms with Crippen LogP contribution in [-0.4, -0.2) is 20.5 Å². The van der Waals surface area contributed by atoms with Gasteiger partial charge in [0.1, 0.15) is 0 Å². The van der Waals surface area contributed by atoms with Gasteiger partial charge in [0.2, 0.25) is 0 Å². The molecule has 0 fully saturated rings. The monoisotopic (exact) mass is 301 g/mol. The second kappa shape index (κ2) is 5.17. The van der Waals surface area contributed by atoms with E-state index in [2.05, 4.69) is 15.4 Å². The van der Waals surface area contributed by atoms with E-state index in [4.69, 9.17) is 5.73 Å². The van der Waals surface area contributed by atoms with Crippen molar-refractivity contribution in [3.63, 3.8) is 0 Å². The van der Waals surface area contributed by atoms with Crippen LogP contribution in [0.4, 0.5) is 5.13 Å². The molecule has 0 radical (unpaired) electrons. The zero-order chi connectivity index (χ0) is 15.0. The quantitative estimate of drug-likeness (QED) is 0.776. The number of rotatable bonds is 3. The number of nitrogens with zero attached hydrogens (tertiary/aromatic N) is 3. The lowest BCUT2D eigenvalue weighted by atomic mass is 10.2. The van der Waals surface area contributed by atoms with Crippen LogP contribution in [0.15, 0.2) is 29.6 Å². The van der Waals surface area contributed by atoms with Crippen LogP contribution in [0.5, 0.6) is 0 Å². The highest BCUT2D eigenvalue weighted by Gasteiger charge is 2.16.